The Bertz CT molecular complexity index is 246. The van der Waals surface area contributed by atoms with E-state index in [2.05, 4.69) is 17.1 Å². The van der Waals surface area contributed by atoms with Crippen LogP contribution in [0.15, 0.2) is 0 Å². The number of morpholine rings is 1. The fraction of sp³-hybridized carbons (Fsp3) is 0.909. The number of aliphatic hydroxyl groups is 1. The van der Waals surface area contributed by atoms with E-state index in [4.69, 9.17) is 17.0 Å². The summed E-state index contributed by atoms with van der Waals surface area (Å²) < 4.78 is 5.73. The van der Waals surface area contributed by atoms with Crippen LogP contribution in [0.2, 0.25) is 0 Å². The topological polar surface area (TPSA) is 44.7 Å². The molecule has 1 aliphatic rings. The Hall–Kier alpha value is -0.390. The highest BCUT2D eigenvalue weighted by molar-refractivity contribution is 7.80. The van der Waals surface area contributed by atoms with E-state index in [1.54, 1.807) is 0 Å². The van der Waals surface area contributed by atoms with Gasteiger partial charge in [-0.15, -0.1) is 0 Å². The monoisotopic (exact) mass is 246 g/mol. The van der Waals surface area contributed by atoms with Crippen molar-refractivity contribution in [3.8, 4) is 0 Å². The minimum absolute atomic E-state index is 0.0380. The lowest BCUT2D eigenvalue weighted by atomic mass is 10.1. The van der Waals surface area contributed by atoms with Crippen LogP contribution in [0.4, 0.5) is 0 Å². The summed E-state index contributed by atoms with van der Waals surface area (Å²) in [7, 11) is 0. The van der Waals surface area contributed by atoms with E-state index in [-0.39, 0.29) is 18.3 Å². The lowest BCUT2D eigenvalue weighted by molar-refractivity contribution is -0.134. The smallest absolute Gasteiger partial charge is 0.169 e. The van der Waals surface area contributed by atoms with Gasteiger partial charge in [0, 0.05) is 19.6 Å². The molecule has 16 heavy (non-hydrogen) atoms. The second kappa shape index (κ2) is 5.80. The predicted molar refractivity (Wildman–Crippen MR) is 68.5 cm³/mol. The molecule has 1 fully saturated rings. The van der Waals surface area contributed by atoms with Crippen molar-refractivity contribution in [2.24, 2.45) is 0 Å². The van der Waals surface area contributed by atoms with Gasteiger partial charge in [-0.1, -0.05) is 6.92 Å². The van der Waals surface area contributed by atoms with Crippen molar-refractivity contribution in [3.63, 3.8) is 0 Å². The zero-order chi connectivity index (χ0) is 12.2. The molecule has 0 amide bonds. The number of nitrogens with one attached hydrogen (secondary N) is 1. The fourth-order valence-electron chi connectivity index (χ4n) is 1.89. The third kappa shape index (κ3) is 3.88. The molecule has 1 aliphatic heterocycles. The first kappa shape index (κ1) is 13.7. The molecule has 1 heterocycles. The van der Waals surface area contributed by atoms with Crippen molar-refractivity contribution in [1.82, 2.24) is 10.2 Å². The molecule has 1 rings (SSSR count). The van der Waals surface area contributed by atoms with Crippen molar-refractivity contribution in [1.29, 1.82) is 0 Å². The van der Waals surface area contributed by atoms with Gasteiger partial charge in [0.25, 0.3) is 0 Å². The first-order valence-corrected chi connectivity index (χ1v) is 6.21. The Morgan fingerprint density at radius 1 is 1.62 bits per heavy atom. The normalized spacial score (nSPS) is 24.2. The Labute approximate surface area is 103 Å². The fourth-order valence-corrected chi connectivity index (χ4v) is 2.13. The molecule has 0 radical (unpaired) electrons. The number of ether oxygens (including phenoxy) is 1. The van der Waals surface area contributed by atoms with Gasteiger partial charge in [-0.05, 0) is 32.5 Å². The van der Waals surface area contributed by atoms with E-state index >= 15 is 0 Å². The molecule has 0 aromatic carbocycles. The van der Waals surface area contributed by atoms with Crippen LogP contribution < -0.4 is 5.32 Å². The first-order valence-electron chi connectivity index (χ1n) is 5.80. The van der Waals surface area contributed by atoms with Gasteiger partial charge in [-0.25, -0.2) is 0 Å². The Balaban J connectivity index is 2.55. The molecule has 0 aliphatic carbocycles. The summed E-state index contributed by atoms with van der Waals surface area (Å²) in [6.45, 7) is 8.50. The van der Waals surface area contributed by atoms with E-state index in [1.165, 1.54) is 0 Å². The van der Waals surface area contributed by atoms with Gasteiger partial charge < -0.3 is 20.1 Å². The van der Waals surface area contributed by atoms with E-state index in [0.717, 1.165) is 24.6 Å². The summed E-state index contributed by atoms with van der Waals surface area (Å²) >= 11 is 5.32. The number of aliphatic hydroxyl groups excluding tert-OH is 1. The van der Waals surface area contributed by atoms with E-state index in [9.17, 15) is 5.11 Å². The number of nitrogens with zero attached hydrogens (tertiary/aromatic N) is 1. The maximum atomic E-state index is 9.18. The maximum absolute atomic E-state index is 9.18. The molecule has 0 aromatic rings. The Kier molecular flexibility index (Phi) is 4.95. The molecule has 0 bridgehead atoms. The van der Waals surface area contributed by atoms with Gasteiger partial charge in [-0.3, -0.25) is 0 Å². The van der Waals surface area contributed by atoms with Crippen LogP contribution in [-0.4, -0.2) is 53.1 Å². The van der Waals surface area contributed by atoms with Crippen LogP contribution in [0.3, 0.4) is 0 Å². The lowest BCUT2D eigenvalue weighted by Gasteiger charge is -2.43. The van der Waals surface area contributed by atoms with Crippen molar-refractivity contribution >= 4 is 17.3 Å². The molecule has 1 atom stereocenters. The highest BCUT2D eigenvalue weighted by Gasteiger charge is 2.33. The molecule has 0 aromatic heterocycles. The van der Waals surface area contributed by atoms with Gasteiger partial charge in [0.2, 0.25) is 0 Å². The summed E-state index contributed by atoms with van der Waals surface area (Å²) in [6.07, 6.45) is 0.905. The minimum atomic E-state index is -0.260. The van der Waals surface area contributed by atoms with E-state index in [1.807, 2.05) is 13.8 Å². The third-order valence-electron chi connectivity index (χ3n) is 2.50. The minimum Gasteiger partial charge on any atom is -0.394 e. The molecular formula is C11H22N2O2S. The van der Waals surface area contributed by atoms with Gasteiger partial charge in [0.1, 0.15) is 0 Å². The second-order valence-electron chi connectivity index (χ2n) is 4.79. The maximum Gasteiger partial charge on any atom is 0.169 e. The van der Waals surface area contributed by atoms with Crippen LogP contribution in [0.5, 0.6) is 0 Å². The Morgan fingerprint density at radius 3 is 2.88 bits per heavy atom. The molecular weight excluding hydrogens is 224 g/mol. The largest absolute Gasteiger partial charge is 0.394 e. The number of hydrogen-bond donors (Lipinski definition) is 2. The van der Waals surface area contributed by atoms with Crippen LogP contribution in [0.1, 0.15) is 27.2 Å². The second-order valence-corrected chi connectivity index (χ2v) is 5.18. The number of hydrogen-bond acceptors (Lipinski definition) is 3. The summed E-state index contributed by atoms with van der Waals surface area (Å²) in [4.78, 5) is 2.08. The molecule has 94 valence electrons. The van der Waals surface area contributed by atoms with E-state index < -0.39 is 0 Å². The van der Waals surface area contributed by atoms with Gasteiger partial charge in [0.15, 0.2) is 5.11 Å². The van der Waals surface area contributed by atoms with Gasteiger partial charge >= 0.3 is 0 Å². The predicted octanol–water partition coefficient (Wildman–Crippen LogP) is 0.743. The average molecular weight is 246 g/mol. The summed E-state index contributed by atoms with van der Waals surface area (Å²) in [6, 6.07) is 0. The lowest BCUT2D eigenvalue weighted by Crippen LogP contribution is -2.57. The van der Waals surface area contributed by atoms with Crippen LogP contribution in [0.25, 0.3) is 0 Å². The summed E-state index contributed by atoms with van der Waals surface area (Å²) in [5.74, 6) is 0. The van der Waals surface area contributed by atoms with Gasteiger partial charge in [-0.2, -0.15) is 0 Å². The third-order valence-corrected chi connectivity index (χ3v) is 2.90. The van der Waals surface area contributed by atoms with Crippen molar-refractivity contribution in [2.45, 2.75) is 38.9 Å². The summed E-state index contributed by atoms with van der Waals surface area (Å²) in [5.41, 5.74) is -0.260. The molecule has 0 saturated carbocycles. The standard InChI is InChI=1S/C11H22N2O2S/c1-4-5-12-10(16)13-6-9(7-14)15-11(2,3)8-13/h9,14H,4-8H2,1-3H3,(H,12,16). The molecule has 1 unspecified atom stereocenters. The SMILES string of the molecule is CCCNC(=S)N1CC(CO)OC(C)(C)C1. The quantitative estimate of drug-likeness (QED) is 0.719. The molecule has 0 spiro atoms. The molecule has 4 nitrogen and oxygen atoms in total. The van der Waals surface area contributed by atoms with Gasteiger partial charge in [0.05, 0.1) is 18.3 Å². The van der Waals surface area contributed by atoms with Crippen molar-refractivity contribution < 1.29 is 9.84 Å². The van der Waals surface area contributed by atoms with Crippen molar-refractivity contribution in [3.05, 3.63) is 0 Å². The number of rotatable bonds is 3. The molecule has 2 N–H and O–H groups in total. The Morgan fingerprint density at radius 2 is 2.31 bits per heavy atom. The van der Waals surface area contributed by atoms with Crippen molar-refractivity contribution in [2.75, 3.05) is 26.2 Å². The molecule has 5 heteroatoms. The first-order chi connectivity index (χ1) is 7.48. The van der Waals surface area contributed by atoms with Crippen LogP contribution in [0, 0.1) is 0 Å². The highest BCUT2D eigenvalue weighted by Crippen LogP contribution is 2.20. The highest BCUT2D eigenvalue weighted by atomic mass is 32.1. The van der Waals surface area contributed by atoms with E-state index in [0.29, 0.717) is 6.54 Å². The number of thiocarbonyl (C=S) groups is 1. The van der Waals surface area contributed by atoms with Crippen LogP contribution in [-0.2, 0) is 4.74 Å². The zero-order valence-corrected chi connectivity index (χ0v) is 11.1. The average Bonchev–Trinajstić information content (AvgIpc) is 2.23. The zero-order valence-electron chi connectivity index (χ0n) is 10.3. The summed E-state index contributed by atoms with van der Waals surface area (Å²) in [5, 5.41) is 13.1. The molecule has 1 saturated heterocycles. The van der Waals surface area contributed by atoms with Crippen LogP contribution >= 0.6 is 12.2 Å².